The monoisotopic (exact) mass is 1030 g/mol. The molecule has 2 N–H and O–H groups in total. The zero-order valence-corrected chi connectivity index (χ0v) is 49.3. The first-order valence-corrected chi connectivity index (χ1v) is 32.5. The first kappa shape index (κ1) is 70.5. The van der Waals surface area contributed by atoms with Crippen molar-refractivity contribution in [2.24, 2.45) is 0 Å². The highest BCUT2D eigenvalue weighted by atomic mass is 31.2. The second-order valence-corrected chi connectivity index (χ2v) is 23.8. The summed E-state index contributed by atoms with van der Waals surface area (Å²) in [4.78, 5) is 25.5. The summed E-state index contributed by atoms with van der Waals surface area (Å²) in [6.07, 6.45) is 72.2. The van der Waals surface area contributed by atoms with Crippen LogP contribution in [0.5, 0.6) is 0 Å². The molecule has 0 spiro atoms. The summed E-state index contributed by atoms with van der Waals surface area (Å²) in [5.41, 5.74) is 0. The van der Waals surface area contributed by atoms with E-state index in [9.17, 15) is 19.4 Å². The molecule has 1 amide bonds. The molecule has 0 radical (unpaired) electrons. The van der Waals surface area contributed by atoms with E-state index in [0.29, 0.717) is 17.4 Å². The topological polar surface area (TPSA) is 108 Å². The smallest absolute Gasteiger partial charge is 0.268 e. The summed E-state index contributed by atoms with van der Waals surface area (Å²) in [7, 11) is 1.24. The van der Waals surface area contributed by atoms with E-state index < -0.39 is 26.6 Å². The number of hydrogen-bond acceptors (Lipinski definition) is 6. The molecule has 0 aliphatic carbocycles. The van der Waals surface area contributed by atoms with Gasteiger partial charge in [0.2, 0.25) is 5.91 Å². The first-order chi connectivity index (χ1) is 35.0. The molecular weight excluding hydrogens is 912 g/mol. The number of aliphatic hydroxyl groups excluding tert-OH is 1. The third kappa shape index (κ3) is 56.2. The van der Waals surface area contributed by atoms with Crippen molar-refractivity contribution in [1.29, 1.82) is 0 Å². The number of nitrogens with zero attached hydrogens (tertiary/aromatic N) is 1. The number of hydrogen-bond donors (Lipinski definition) is 2. The van der Waals surface area contributed by atoms with Crippen molar-refractivity contribution in [3.8, 4) is 0 Å². The normalized spacial score (nSPS) is 14.2. The Kier molecular flexibility index (Phi) is 53.1. The molecular formula is C63H121N2O6P. The van der Waals surface area contributed by atoms with Gasteiger partial charge < -0.3 is 28.8 Å². The average Bonchev–Trinajstić information content (AvgIpc) is 3.34. The van der Waals surface area contributed by atoms with Crippen molar-refractivity contribution >= 4 is 13.7 Å². The van der Waals surface area contributed by atoms with Gasteiger partial charge in [0.25, 0.3) is 7.82 Å². The van der Waals surface area contributed by atoms with Crippen molar-refractivity contribution in [3.05, 3.63) is 48.6 Å². The minimum absolute atomic E-state index is 0.00863. The van der Waals surface area contributed by atoms with Crippen molar-refractivity contribution in [2.45, 2.75) is 309 Å². The highest BCUT2D eigenvalue weighted by Crippen LogP contribution is 2.38. The number of phosphoric acid groups is 1. The zero-order chi connectivity index (χ0) is 52.7. The quantitative estimate of drug-likeness (QED) is 0.0272. The maximum atomic E-state index is 13.0. The number of likely N-dealkylation sites (N-methyl/N-ethyl adjacent to an activating group) is 1. The summed E-state index contributed by atoms with van der Waals surface area (Å²) in [6, 6.07) is -0.910. The van der Waals surface area contributed by atoms with Gasteiger partial charge in [-0.15, -0.1) is 0 Å². The lowest BCUT2D eigenvalue weighted by molar-refractivity contribution is -0.870. The second-order valence-electron chi connectivity index (χ2n) is 22.4. The molecule has 424 valence electrons. The molecule has 0 rings (SSSR count). The SMILES string of the molecule is CCCCCCCCC/C=C/CC/C=C/CC/C=C/C(O)C(COP(=O)([O-])OCC[N+](C)(C)C)NC(=O)CCCCCCCCCCCCCCCCCCC/C=C\CCCCCCCCCCCCCC. The predicted molar refractivity (Wildman–Crippen MR) is 311 cm³/mol. The van der Waals surface area contributed by atoms with E-state index in [0.717, 1.165) is 44.9 Å². The number of rotatable bonds is 57. The molecule has 0 aromatic heterocycles. The van der Waals surface area contributed by atoms with Gasteiger partial charge in [-0.05, 0) is 70.6 Å². The average molecular weight is 1030 g/mol. The van der Waals surface area contributed by atoms with Gasteiger partial charge in [-0.25, -0.2) is 0 Å². The van der Waals surface area contributed by atoms with Crippen molar-refractivity contribution in [3.63, 3.8) is 0 Å². The van der Waals surface area contributed by atoms with E-state index in [1.165, 1.54) is 231 Å². The molecule has 0 saturated heterocycles. The van der Waals surface area contributed by atoms with Gasteiger partial charge in [0.15, 0.2) is 0 Å². The van der Waals surface area contributed by atoms with Gasteiger partial charge >= 0.3 is 0 Å². The molecule has 0 aliphatic rings. The molecule has 72 heavy (non-hydrogen) atoms. The van der Waals surface area contributed by atoms with Gasteiger partial charge in [0.05, 0.1) is 39.9 Å². The molecule has 3 atom stereocenters. The van der Waals surface area contributed by atoms with Gasteiger partial charge in [0.1, 0.15) is 13.2 Å². The summed E-state index contributed by atoms with van der Waals surface area (Å²) < 4.78 is 23.3. The fraction of sp³-hybridized carbons (Fsp3) is 0.857. The van der Waals surface area contributed by atoms with E-state index in [2.05, 4.69) is 55.6 Å². The molecule has 0 aromatic carbocycles. The van der Waals surface area contributed by atoms with Crippen LogP contribution in [-0.2, 0) is 18.4 Å². The Morgan fingerprint density at radius 1 is 0.472 bits per heavy atom. The molecule has 9 heteroatoms. The summed E-state index contributed by atoms with van der Waals surface area (Å²) in [5.74, 6) is -0.208. The molecule has 0 fully saturated rings. The van der Waals surface area contributed by atoms with E-state index >= 15 is 0 Å². The van der Waals surface area contributed by atoms with Crippen LogP contribution in [0, 0.1) is 0 Å². The largest absolute Gasteiger partial charge is 0.756 e. The summed E-state index contributed by atoms with van der Waals surface area (Å²) in [5, 5.41) is 13.9. The number of aliphatic hydroxyl groups is 1. The number of nitrogens with one attached hydrogen (secondary N) is 1. The Labute approximate surface area is 448 Å². The molecule has 0 bridgehead atoms. The Morgan fingerprint density at radius 2 is 0.778 bits per heavy atom. The highest BCUT2D eigenvalue weighted by Gasteiger charge is 2.23. The maximum absolute atomic E-state index is 13.0. The fourth-order valence-corrected chi connectivity index (χ4v) is 9.85. The van der Waals surface area contributed by atoms with Crippen LogP contribution in [0.15, 0.2) is 48.6 Å². The number of carbonyl (C=O) groups excluding carboxylic acids is 1. The van der Waals surface area contributed by atoms with Crippen molar-refractivity contribution in [1.82, 2.24) is 5.32 Å². The minimum atomic E-state index is -4.61. The third-order valence-electron chi connectivity index (χ3n) is 14.0. The van der Waals surface area contributed by atoms with E-state index in [1.54, 1.807) is 6.08 Å². The van der Waals surface area contributed by atoms with Crippen LogP contribution in [0.1, 0.15) is 296 Å². The standard InChI is InChI=1S/C63H121N2O6P/c1-6-8-10-12-14-16-18-20-22-24-25-26-27-28-29-30-31-32-33-34-35-36-37-38-39-41-43-45-47-49-51-53-55-57-63(67)64-61(60-71-72(68,69)70-59-58-65(3,4)5)62(66)56-54-52-50-48-46-44-42-40-23-21-19-17-15-13-11-9-7-2/h23,28-29,40,46,48,54,56,61-62,66H,6-22,24-27,30-39,41-45,47,49-53,55,57-60H2,1-5H3,(H-,64,67,68,69)/b29-28-,40-23+,48-46+,56-54+. The van der Waals surface area contributed by atoms with Crippen molar-refractivity contribution in [2.75, 3.05) is 40.9 Å². The Balaban J connectivity index is 4.07. The second kappa shape index (κ2) is 54.3. The molecule has 8 nitrogen and oxygen atoms in total. The summed E-state index contributed by atoms with van der Waals surface area (Å²) >= 11 is 0. The van der Waals surface area contributed by atoms with Gasteiger partial charge in [-0.3, -0.25) is 9.36 Å². The maximum Gasteiger partial charge on any atom is 0.268 e. The zero-order valence-electron chi connectivity index (χ0n) is 48.4. The highest BCUT2D eigenvalue weighted by molar-refractivity contribution is 7.45. The first-order valence-electron chi connectivity index (χ1n) is 31.0. The van der Waals surface area contributed by atoms with Crippen LogP contribution in [0.4, 0.5) is 0 Å². The molecule has 3 unspecified atom stereocenters. The van der Waals surface area contributed by atoms with Crippen LogP contribution in [-0.4, -0.2) is 68.5 Å². The van der Waals surface area contributed by atoms with Crippen LogP contribution >= 0.6 is 7.82 Å². The van der Waals surface area contributed by atoms with Crippen LogP contribution in [0.2, 0.25) is 0 Å². The lowest BCUT2D eigenvalue weighted by atomic mass is 10.0. The number of amides is 1. The predicted octanol–water partition coefficient (Wildman–Crippen LogP) is 18.5. The van der Waals surface area contributed by atoms with Gasteiger partial charge in [-0.1, -0.05) is 268 Å². The lowest BCUT2D eigenvalue weighted by Crippen LogP contribution is -2.45. The number of quaternary nitrogens is 1. The molecule has 0 heterocycles. The van der Waals surface area contributed by atoms with Crippen molar-refractivity contribution < 1.29 is 32.9 Å². The van der Waals surface area contributed by atoms with Crippen LogP contribution in [0.25, 0.3) is 0 Å². The van der Waals surface area contributed by atoms with E-state index in [1.807, 2.05) is 27.2 Å². The fourth-order valence-electron chi connectivity index (χ4n) is 9.12. The number of unbranched alkanes of at least 4 members (excludes halogenated alkanes) is 38. The third-order valence-corrected chi connectivity index (χ3v) is 15.0. The van der Waals surface area contributed by atoms with Gasteiger partial charge in [-0.2, -0.15) is 0 Å². The van der Waals surface area contributed by atoms with Crippen LogP contribution < -0.4 is 10.2 Å². The van der Waals surface area contributed by atoms with Gasteiger partial charge in [0, 0.05) is 6.42 Å². The van der Waals surface area contributed by atoms with Crippen LogP contribution in [0.3, 0.4) is 0 Å². The lowest BCUT2D eigenvalue weighted by Gasteiger charge is -2.29. The number of allylic oxidation sites excluding steroid dienone is 7. The Morgan fingerprint density at radius 3 is 1.12 bits per heavy atom. The number of phosphoric ester groups is 1. The molecule has 0 aliphatic heterocycles. The van der Waals surface area contributed by atoms with E-state index in [-0.39, 0.29) is 12.5 Å². The Hall–Kier alpha value is -1.54. The molecule has 0 saturated carbocycles. The molecule has 0 aromatic rings. The Bertz CT molecular complexity index is 1310. The number of carbonyl (C=O) groups is 1. The minimum Gasteiger partial charge on any atom is -0.756 e. The summed E-state index contributed by atoms with van der Waals surface area (Å²) in [6.45, 7) is 4.64. The van der Waals surface area contributed by atoms with E-state index in [4.69, 9.17) is 9.05 Å².